The molecule has 2 atom stereocenters. The predicted molar refractivity (Wildman–Crippen MR) is 115 cm³/mol. The smallest absolute Gasteiger partial charge is 0.327 e. The highest BCUT2D eigenvalue weighted by molar-refractivity contribution is 5.82. The first kappa shape index (κ1) is 23.2. The first-order valence-electron chi connectivity index (χ1n) is 11.9. The molecule has 0 aromatic heterocycles. The lowest BCUT2D eigenvalue weighted by molar-refractivity contribution is -0.173. The van der Waals surface area contributed by atoms with Gasteiger partial charge in [0.15, 0.2) is 5.41 Å². The third-order valence-corrected chi connectivity index (χ3v) is 7.50. The molecule has 2 rings (SSSR count). The summed E-state index contributed by atoms with van der Waals surface area (Å²) in [6.45, 7) is 11.3. The summed E-state index contributed by atoms with van der Waals surface area (Å²) < 4.78 is 5.87. The number of hydrogen-bond donors (Lipinski definition) is 0. The summed E-state index contributed by atoms with van der Waals surface area (Å²) in [7, 11) is 0. The number of ether oxygens (including phenoxy) is 1. The summed E-state index contributed by atoms with van der Waals surface area (Å²) in [6, 6.07) is 2.68. The highest BCUT2D eigenvalue weighted by atomic mass is 16.5. The van der Waals surface area contributed by atoms with Crippen LogP contribution in [0.3, 0.4) is 0 Å². The van der Waals surface area contributed by atoms with E-state index in [9.17, 15) is 10.1 Å². The second-order valence-corrected chi connectivity index (χ2v) is 10.6. The van der Waals surface area contributed by atoms with Gasteiger partial charge in [0.2, 0.25) is 0 Å². The Morgan fingerprint density at radius 1 is 0.929 bits per heavy atom. The number of rotatable bonds is 8. The first-order valence-corrected chi connectivity index (χ1v) is 11.9. The van der Waals surface area contributed by atoms with Crippen molar-refractivity contribution in [3.63, 3.8) is 0 Å². The zero-order valence-corrected chi connectivity index (χ0v) is 19.1. The highest BCUT2D eigenvalue weighted by Crippen LogP contribution is 2.59. The van der Waals surface area contributed by atoms with Crippen molar-refractivity contribution in [1.82, 2.24) is 0 Å². The van der Waals surface area contributed by atoms with Crippen LogP contribution in [0.4, 0.5) is 0 Å². The maximum atomic E-state index is 13.7. The summed E-state index contributed by atoms with van der Waals surface area (Å²) in [4.78, 5) is 13.7. The second-order valence-electron chi connectivity index (χ2n) is 10.6. The normalized spacial score (nSPS) is 23.8. The van der Waals surface area contributed by atoms with Crippen LogP contribution in [0.2, 0.25) is 0 Å². The molecule has 2 fully saturated rings. The van der Waals surface area contributed by atoms with Crippen LogP contribution in [0.1, 0.15) is 105 Å². The molecule has 2 saturated carbocycles. The van der Waals surface area contributed by atoms with Crippen LogP contribution in [0.15, 0.2) is 0 Å². The fraction of sp³-hybridized carbons (Fsp3) is 0.920. The molecule has 0 bridgehead atoms. The predicted octanol–water partition coefficient (Wildman–Crippen LogP) is 6.91. The van der Waals surface area contributed by atoms with Crippen LogP contribution < -0.4 is 0 Å². The van der Waals surface area contributed by atoms with Crippen molar-refractivity contribution in [3.05, 3.63) is 0 Å². The molecule has 3 heteroatoms. The van der Waals surface area contributed by atoms with Crippen molar-refractivity contribution in [2.24, 2.45) is 34.5 Å². The molecule has 2 unspecified atom stereocenters. The van der Waals surface area contributed by atoms with E-state index in [1.54, 1.807) is 0 Å². The summed E-state index contributed by atoms with van der Waals surface area (Å²) in [5.74, 6) is 1.11. The quantitative estimate of drug-likeness (QED) is 0.424. The van der Waals surface area contributed by atoms with Crippen molar-refractivity contribution >= 4 is 5.97 Å². The van der Waals surface area contributed by atoms with Gasteiger partial charge < -0.3 is 4.74 Å². The lowest BCUT2D eigenvalue weighted by atomic mass is 9.48. The average Bonchev–Trinajstić information content (AvgIpc) is 2.68. The molecule has 2 aliphatic rings. The Morgan fingerprint density at radius 3 is 1.86 bits per heavy atom. The number of carbonyl (C=O) groups is 1. The van der Waals surface area contributed by atoms with Crippen LogP contribution in [-0.2, 0) is 9.53 Å². The fourth-order valence-corrected chi connectivity index (χ4v) is 6.26. The molecule has 0 amide bonds. The van der Waals surface area contributed by atoms with Gasteiger partial charge >= 0.3 is 5.97 Å². The van der Waals surface area contributed by atoms with Crippen LogP contribution in [0.25, 0.3) is 0 Å². The van der Waals surface area contributed by atoms with Gasteiger partial charge in [-0.05, 0) is 55.8 Å². The maximum Gasteiger partial charge on any atom is 0.327 e. The second kappa shape index (κ2) is 10.1. The van der Waals surface area contributed by atoms with Gasteiger partial charge in [-0.1, -0.05) is 73.1 Å². The molecule has 0 spiro atoms. The number of nitrogens with zero attached hydrogens (tertiary/aromatic N) is 1. The molecule has 160 valence electrons. The molecule has 0 aromatic rings. The zero-order valence-electron chi connectivity index (χ0n) is 19.1. The molecule has 0 aliphatic heterocycles. The Bertz CT molecular complexity index is 537. The molecule has 0 N–H and O–H groups in total. The summed E-state index contributed by atoms with van der Waals surface area (Å²) in [5.41, 5.74) is -1.32. The third kappa shape index (κ3) is 4.74. The molecule has 0 saturated heterocycles. The van der Waals surface area contributed by atoms with Crippen molar-refractivity contribution in [3.8, 4) is 6.07 Å². The monoisotopic (exact) mass is 389 g/mol. The van der Waals surface area contributed by atoms with E-state index >= 15 is 0 Å². The van der Waals surface area contributed by atoms with Crippen molar-refractivity contribution < 1.29 is 9.53 Å². The minimum atomic E-state index is -1.01. The Hall–Kier alpha value is -1.04. The summed E-state index contributed by atoms with van der Waals surface area (Å²) >= 11 is 0. The number of esters is 1. The minimum Gasteiger partial charge on any atom is -0.464 e. The van der Waals surface area contributed by atoms with Gasteiger partial charge in [0.25, 0.3) is 0 Å². The largest absolute Gasteiger partial charge is 0.464 e. The lowest BCUT2D eigenvalue weighted by Gasteiger charge is -2.53. The van der Waals surface area contributed by atoms with E-state index in [4.69, 9.17) is 4.74 Å². The van der Waals surface area contributed by atoms with Gasteiger partial charge in [-0.25, -0.2) is 0 Å². The van der Waals surface area contributed by atoms with Crippen LogP contribution in [-0.4, -0.2) is 12.6 Å². The topological polar surface area (TPSA) is 50.1 Å². The molecule has 0 radical (unpaired) electrons. The number of nitriles is 1. The summed E-state index contributed by atoms with van der Waals surface area (Å²) in [6.07, 6.45) is 12.4. The standard InChI is InChI=1S/C25H43NO2/c1-19(2)16-24(5,21-12-8-6-9-13-21)25(18-26,22-14-10-7-11-15-22)23(27)28-17-20(3)4/h19-22H,6-17H2,1-5H3. The van der Waals surface area contributed by atoms with Gasteiger partial charge in [0, 0.05) is 5.41 Å². The molecule has 2 aliphatic carbocycles. The van der Waals surface area contributed by atoms with Crippen molar-refractivity contribution in [1.29, 1.82) is 5.26 Å². The van der Waals surface area contributed by atoms with Gasteiger partial charge in [0.1, 0.15) is 0 Å². The molecular formula is C25H43NO2. The maximum absolute atomic E-state index is 13.7. The van der Waals surface area contributed by atoms with E-state index in [0.717, 1.165) is 44.9 Å². The summed E-state index contributed by atoms with van der Waals surface area (Å²) in [5, 5.41) is 10.7. The van der Waals surface area contributed by atoms with Gasteiger partial charge in [-0.15, -0.1) is 0 Å². The molecule has 3 nitrogen and oxygen atoms in total. The Balaban J connectivity index is 2.52. The molecular weight excluding hydrogens is 346 g/mol. The van der Waals surface area contributed by atoms with E-state index in [1.807, 2.05) is 0 Å². The zero-order chi connectivity index (χ0) is 20.8. The van der Waals surface area contributed by atoms with Gasteiger partial charge in [-0.3, -0.25) is 4.79 Å². The third-order valence-electron chi connectivity index (χ3n) is 7.50. The van der Waals surface area contributed by atoms with Crippen molar-refractivity contribution in [2.45, 2.75) is 105 Å². The SMILES string of the molecule is CC(C)COC(=O)C(C#N)(C1CCCCC1)C(C)(CC(C)C)C1CCCCC1. The van der Waals surface area contributed by atoms with Crippen LogP contribution >= 0.6 is 0 Å². The lowest BCUT2D eigenvalue weighted by Crippen LogP contribution is -2.56. The Kier molecular flexibility index (Phi) is 8.41. The highest BCUT2D eigenvalue weighted by Gasteiger charge is 2.62. The van der Waals surface area contributed by atoms with Crippen LogP contribution in [0.5, 0.6) is 0 Å². The fourth-order valence-electron chi connectivity index (χ4n) is 6.26. The first-order chi connectivity index (χ1) is 13.3. The number of carbonyl (C=O) groups excluding carboxylic acids is 1. The van der Waals surface area contributed by atoms with E-state index < -0.39 is 5.41 Å². The van der Waals surface area contributed by atoms with E-state index in [-0.39, 0.29) is 23.2 Å². The Labute approximate surface area is 173 Å². The Morgan fingerprint density at radius 2 is 1.43 bits per heavy atom. The van der Waals surface area contributed by atoms with Crippen LogP contribution in [0, 0.1) is 45.8 Å². The van der Waals surface area contributed by atoms with E-state index in [1.165, 1.54) is 25.7 Å². The number of hydrogen-bond acceptors (Lipinski definition) is 3. The molecule has 0 aromatic carbocycles. The van der Waals surface area contributed by atoms with Gasteiger partial charge in [-0.2, -0.15) is 5.26 Å². The van der Waals surface area contributed by atoms with E-state index in [0.29, 0.717) is 18.4 Å². The molecule has 28 heavy (non-hydrogen) atoms. The average molecular weight is 390 g/mol. The molecule has 0 heterocycles. The van der Waals surface area contributed by atoms with Crippen molar-refractivity contribution in [2.75, 3.05) is 6.61 Å². The minimum absolute atomic E-state index is 0.136. The van der Waals surface area contributed by atoms with E-state index in [2.05, 4.69) is 40.7 Å². The van der Waals surface area contributed by atoms with Gasteiger partial charge in [0.05, 0.1) is 12.7 Å².